The first-order chi connectivity index (χ1) is 6.49. The molecule has 1 unspecified atom stereocenters. The number of rotatable bonds is 5. The predicted octanol–water partition coefficient (Wildman–Crippen LogP) is 0.206. The van der Waals surface area contributed by atoms with Gasteiger partial charge in [0.25, 0.3) is 0 Å². The summed E-state index contributed by atoms with van der Waals surface area (Å²) in [6, 6.07) is -0.948. The Balaban J connectivity index is 4.04. The summed E-state index contributed by atoms with van der Waals surface area (Å²) in [6.45, 7) is 6.20. The molecule has 3 amide bonds. The minimum Gasteiger partial charge on any atom is -0.368 e. The molecule has 0 aliphatic rings. The summed E-state index contributed by atoms with van der Waals surface area (Å²) in [5.41, 5.74) is 5.13. The van der Waals surface area contributed by atoms with Crippen molar-refractivity contribution in [2.24, 2.45) is 11.7 Å². The normalized spacial score (nSPS) is 12.3. The van der Waals surface area contributed by atoms with E-state index >= 15 is 0 Å². The van der Waals surface area contributed by atoms with Gasteiger partial charge in [-0.15, -0.1) is 0 Å². The number of amides is 3. The molecule has 0 spiro atoms. The van der Waals surface area contributed by atoms with Gasteiger partial charge in [0, 0.05) is 6.54 Å². The van der Waals surface area contributed by atoms with Crippen LogP contribution in [0.2, 0.25) is 0 Å². The van der Waals surface area contributed by atoms with Crippen LogP contribution in [-0.4, -0.2) is 24.5 Å². The highest BCUT2D eigenvalue weighted by atomic mass is 16.2. The maximum absolute atomic E-state index is 11.2. The van der Waals surface area contributed by atoms with Gasteiger partial charge in [-0.3, -0.25) is 4.79 Å². The zero-order valence-electron chi connectivity index (χ0n) is 8.96. The molecule has 0 aromatic carbocycles. The Hall–Kier alpha value is -1.26. The summed E-state index contributed by atoms with van der Waals surface area (Å²) in [6.07, 6.45) is 0.857. The molecule has 0 aliphatic heterocycles. The van der Waals surface area contributed by atoms with Gasteiger partial charge >= 0.3 is 6.03 Å². The average Bonchev–Trinajstić information content (AvgIpc) is 2.09. The lowest BCUT2D eigenvalue weighted by molar-refractivity contribution is -0.120. The van der Waals surface area contributed by atoms with Crippen molar-refractivity contribution in [3.05, 3.63) is 0 Å². The van der Waals surface area contributed by atoms with Crippen LogP contribution in [0.3, 0.4) is 0 Å². The van der Waals surface area contributed by atoms with Crippen LogP contribution in [0.25, 0.3) is 0 Å². The van der Waals surface area contributed by atoms with Crippen LogP contribution in [0.1, 0.15) is 27.2 Å². The van der Waals surface area contributed by atoms with E-state index in [0.717, 1.165) is 6.42 Å². The molecule has 0 radical (unpaired) electrons. The van der Waals surface area contributed by atoms with E-state index in [2.05, 4.69) is 10.6 Å². The first kappa shape index (κ1) is 12.7. The third-order valence-electron chi connectivity index (χ3n) is 1.80. The number of carbonyl (C=O) groups is 2. The molecule has 0 rings (SSSR count). The highest BCUT2D eigenvalue weighted by Crippen LogP contribution is 1.99. The second kappa shape index (κ2) is 6.23. The lowest BCUT2D eigenvalue weighted by Gasteiger charge is -2.18. The summed E-state index contributed by atoms with van der Waals surface area (Å²) in [5.74, 6) is -0.508. The summed E-state index contributed by atoms with van der Waals surface area (Å²) >= 11 is 0. The zero-order chi connectivity index (χ0) is 11.1. The van der Waals surface area contributed by atoms with Gasteiger partial charge in [0.2, 0.25) is 5.91 Å². The summed E-state index contributed by atoms with van der Waals surface area (Å²) < 4.78 is 0. The standard InChI is InChI=1S/C9H19N3O2/c1-4-5-11-9(14)12-7(6(2)3)8(10)13/h6-7H,4-5H2,1-3H3,(H2,10,13)(H2,11,12,14). The Labute approximate surface area is 84.4 Å². The third kappa shape index (κ3) is 4.69. The van der Waals surface area contributed by atoms with Crippen LogP contribution in [0.5, 0.6) is 0 Å². The van der Waals surface area contributed by atoms with Crippen LogP contribution in [-0.2, 0) is 4.79 Å². The molecule has 0 saturated heterocycles. The summed E-state index contributed by atoms with van der Waals surface area (Å²) in [5, 5.41) is 5.14. The summed E-state index contributed by atoms with van der Waals surface area (Å²) in [7, 11) is 0. The molecule has 0 fully saturated rings. The number of hydrogen-bond donors (Lipinski definition) is 3. The second-order valence-electron chi connectivity index (χ2n) is 3.52. The molecule has 0 bridgehead atoms. The van der Waals surface area contributed by atoms with Gasteiger partial charge in [0.15, 0.2) is 0 Å². The SMILES string of the molecule is CCCNC(=O)NC(C(N)=O)C(C)C. The van der Waals surface area contributed by atoms with Gasteiger partial charge in [-0.1, -0.05) is 20.8 Å². The monoisotopic (exact) mass is 201 g/mol. The topological polar surface area (TPSA) is 84.2 Å². The fourth-order valence-corrected chi connectivity index (χ4v) is 0.997. The van der Waals surface area contributed by atoms with Crippen molar-refractivity contribution in [2.75, 3.05) is 6.54 Å². The zero-order valence-corrected chi connectivity index (χ0v) is 8.96. The van der Waals surface area contributed by atoms with Crippen molar-refractivity contribution < 1.29 is 9.59 Å². The van der Waals surface area contributed by atoms with Gasteiger partial charge in [0.1, 0.15) is 6.04 Å². The molecule has 5 heteroatoms. The van der Waals surface area contributed by atoms with Crippen molar-refractivity contribution in [3.63, 3.8) is 0 Å². The minimum absolute atomic E-state index is 0.000114. The van der Waals surface area contributed by atoms with E-state index in [0.29, 0.717) is 6.54 Å². The highest BCUT2D eigenvalue weighted by molar-refractivity contribution is 5.86. The fraction of sp³-hybridized carbons (Fsp3) is 0.778. The maximum Gasteiger partial charge on any atom is 0.315 e. The molecule has 5 nitrogen and oxygen atoms in total. The van der Waals surface area contributed by atoms with Gasteiger partial charge in [0.05, 0.1) is 0 Å². The molecule has 0 saturated carbocycles. The first-order valence-corrected chi connectivity index (χ1v) is 4.82. The smallest absolute Gasteiger partial charge is 0.315 e. The number of primary amides is 1. The van der Waals surface area contributed by atoms with Gasteiger partial charge in [-0.25, -0.2) is 4.79 Å². The molecule has 4 N–H and O–H groups in total. The molecule has 0 heterocycles. The van der Waals surface area contributed by atoms with Gasteiger partial charge in [-0.2, -0.15) is 0 Å². The average molecular weight is 201 g/mol. The molecule has 14 heavy (non-hydrogen) atoms. The number of nitrogens with two attached hydrogens (primary N) is 1. The van der Waals surface area contributed by atoms with Crippen molar-refractivity contribution >= 4 is 11.9 Å². The Morgan fingerprint density at radius 3 is 2.29 bits per heavy atom. The molecular weight excluding hydrogens is 182 g/mol. The van der Waals surface area contributed by atoms with Crippen LogP contribution in [0, 0.1) is 5.92 Å². The third-order valence-corrected chi connectivity index (χ3v) is 1.80. The Kier molecular flexibility index (Phi) is 5.67. The maximum atomic E-state index is 11.2. The largest absolute Gasteiger partial charge is 0.368 e. The molecule has 0 aromatic heterocycles. The molecular formula is C9H19N3O2. The van der Waals surface area contributed by atoms with E-state index in [1.54, 1.807) is 0 Å². The predicted molar refractivity (Wildman–Crippen MR) is 54.6 cm³/mol. The van der Waals surface area contributed by atoms with Crippen LogP contribution in [0.4, 0.5) is 4.79 Å². The van der Waals surface area contributed by atoms with E-state index in [1.807, 2.05) is 20.8 Å². The molecule has 82 valence electrons. The van der Waals surface area contributed by atoms with E-state index < -0.39 is 11.9 Å². The first-order valence-electron chi connectivity index (χ1n) is 4.82. The second-order valence-corrected chi connectivity index (χ2v) is 3.52. The molecule has 0 aromatic rings. The quantitative estimate of drug-likeness (QED) is 0.594. The lowest BCUT2D eigenvalue weighted by atomic mass is 10.0. The number of hydrogen-bond acceptors (Lipinski definition) is 2. The van der Waals surface area contributed by atoms with Crippen molar-refractivity contribution in [3.8, 4) is 0 Å². The Morgan fingerprint density at radius 1 is 1.36 bits per heavy atom. The fourth-order valence-electron chi connectivity index (χ4n) is 0.997. The Morgan fingerprint density at radius 2 is 1.93 bits per heavy atom. The van der Waals surface area contributed by atoms with E-state index in [4.69, 9.17) is 5.73 Å². The van der Waals surface area contributed by atoms with Gasteiger partial charge < -0.3 is 16.4 Å². The van der Waals surface area contributed by atoms with Crippen LogP contribution >= 0.6 is 0 Å². The van der Waals surface area contributed by atoms with E-state index in [1.165, 1.54) is 0 Å². The number of nitrogens with one attached hydrogen (secondary N) is 2. The van der Waals surface area contributed by atoms with Crippen molar-refractivity contribution in [2.45, 2.75) is 33.2 Å². The van der Waals surface area contributed by atoms with Gasteiger partial charge in [-0.05, 0) is 12.3 Å². The van der Waals surface area contributed by atoms with Crippen LogP contribution in [0.15, 0.2) is 0 Å². The highest BCUT2D eigenvalue weighted by Gasteiger charge is 2.20. The molecule has 0 aliphatic carbocycles. The van der Waals surface area contributed by atoms with E-state index in [9.17, 15) is 9.59 Å². The lowest BCUT2D eigenvalue weighted by Crippen LogP contribution is -2.51. The number of urea groups is 1. The minimum atomic E-state index is -0.605. The van der Waals surface area contributed by atoms with Crippen molar-refractivity contribution in [1.82, 2.24) is 10.6 Å². The Bertz CT molecular complexity index is 204. The van der Waals surface area contributed by atoms with Crippen LogP contribution < -0.4 is 16.4 Å². The van der Waals surface area contributed by atoms with E-state index in [-0.39, 0.29) is 11.9 Å². The summed E-state index contributed by atoms with van der Waals surface area (Å²) in [4.78, 5) is 22.1. The molecule has 1 atom stereocenters. The number of carbonyl (C=O) groups excluding carboxylic acids is 2. The van der Waals surface area contributed by atoms with Crippen molar-refractivity contribution in [1.29, 1.82) is 0 Å².